The number of carbonyl (C=O) groups is 1. The molecule has 0 aliphatic heterocycles. The van der Waals surface area contributed by atoms with Crippen molar-refractivity contribution in [2.24, 2.45) is 11.8 Å². The van der Waals surface area contributed by atoms with E-state index >= 15 is 0 Å². The largest absolute Gasteiger partial charge is 0.481 e. The molecule has 1 N–H and O–H groups in total. The molecule has 0 unspecified atom stereocenters. The van der Waals surface area contributed by atoms with Gasteiger partial charge in [0.15, 0.2) is 0 Å². The number of rotatable bonds is 1. The van der Waals surface area contributed by atoms with E-state index in [-0.39, 0.29) is 17.2 Å². The summed E-state index contributed by atoms with van der Waals surface area (Å²) in [4.78, 5) is 10.6. The van der Waals surface area contributed by atoms with Crippen LogP contribution in [0.5, 0.6) is 0 Å². The van der Waals surface area contributed by atoms with E-state index in [9.17, 15) is 4.79 Å². The van der Waals surface area contributed by atoms with Crippen molar-refractivity contribution in [3.05, 3.63) is 0 Å². The number of aliphatic carboxylic acids is 1. The Labute approximate surface area is 71.5 Å². The molecule has 0 aromatic heterocycles. The lowest BCUT2D eigenvalue weighted by atomic mass is 9.80. The molecule has 1 aliphatic carbocycles. The van der Waals surface area contributed by atoms with Gasteiger partial charge in [0.2, 0.25) is 0 Å². The van der Waals surface area contributed by atoms with Gasteiger partial charge in [0, 0.05) is 5.38 Å². The molecule has 1 fully saturated rings. The Hall–Kier alpha value is -0.240. The fourth-order valence-electron chi connectivity index (χ4n) is 1.70. The minimum absolute atomic E-state index is 0.162. The van der Waals surface area contributed by atoms with Crippen LogP contribution in [0.2, 0.25) is 0 Å². The molecule has 0 aromatic rings. The molecule has 0 amide bonds. The Bertz CT molecular complexity index is 158. The Morgan fingerprint density at radius 3 is 2.64 bits per heavy atom. The van der Waals surface area contributed by atoms with Crippen LogP contribution in [0.25, 0.3) is 0 Å². The zero-order valence-electron chi connectivity index (χ0n) is 6.59. The molecule has 0 heterocycles. The maximum absolute atomic E-state index is 10.6. The van der Waals surface area contributed by atoms with Gasteiger partial charge in [-0.15, -0.1) is 11.6 Å². The summed E-state index contributed by atoms with van der Waals surface area (Å²) in [6, 6.07) is 0. The van der Waals surface area contributed by atoms with Gasteiger partial charge < -0.3 is 5.11 Å². The van der Waals surface area contributed by atoms with Crippen molar-refractivity contribution in [1.29, 1.82) is 0 Å². The Kier molecular flexibility index (Phi) is 2.77. The highest BCUT2D eigenvalue weighted by molar-refractivity contribution is 6.20. The Morgan fingerprint density at radius 2 is 2.18 bits per heavy atom. The summed E-state index contributed by atoms with van der Waals surface area (Å²) >= 11 is 5.89. The van der Waals surface area contributed by atoms with Crippen molar-refractivity contribution in [2.45, 2.75) is 31.6 Å². The SMILES string of the molecule is C[C@@H]1C[C@H](Cl)CC[C@H]1C(=O)O. The predicted octanol–water partition coefficient (Wildman–Crippen LogP) is 2.11. The predicted molar refractivity (Wildman–Crippen MR) is 43.8 cm³/mol. The third-order valence-electron chi connectivity index (χ3n) is 2.42. The van der Waals surface area contributed by atoms with Gasteiger partial charge in [-0.2, -0.15) is 0 Å². The topological polar surface area (TPSA) is 37.3 Å². The van der Waals surface area contributed by atoms with Crippen LogP contribution in [0.1, 0.15) is 26.2 Å². The summed E-state index contributed by atoms with van der Waals surface area (Å²) in [5, 5.41) is 8.95. The van der Waals surface area contributed by atoms with Gasteiger partial charge in [-0.05, 0) is 25.2 Å². The first-order valence-electron chi connectivity index (χ1n) is 3.98. The molecule has 1 aliphatic rings. The van der Waals surface area contributed by atoms with Gasteiger partial charge in [0.05, 0.1) is 5.92 Å². The van der Waals surface area contributed by atoms with Crippen LogP contribution in [0.3, 0.4) is 0 Å². The van der Waals surface area contributed by atoms with Crippen molar-refractivity contribution >= 4 is 17.6 Å². The van der Waals surface area contributed by atoms with Gasteiger partial charge in [0.1, 0.15) is 0 Å². The number of carboxylic acids is 1. The molecule has 1 saturated carbocycles. The molecule has 0 saturated heterocycles. The van der Waals surface area contributed by atoms with Gasteiger partial charge >= 0.3 is 5.97 Å². The molecular weight excluding hydrogens is 164 g/mol. The van der Waals surface area contributed by atoms with E-state index in [0.717, 1.165) is 19.3 Å². The number of halogens is 1. The molecule has 2 nitrogen and oxygen atoms in total. The third kappa shape index (κ3) is 2.09. The number of carboxylic acid groups (broad SMARTS) is 1. The molecule has 3 heteroatoms. The molecule has 0 radical (unpaired) electrons. The van der Waals surface area contributed by atoms with E-state index < -0.39 is 5.97 Å². The molecule has 64 valence electrons. The smallest absolute Gasteiger partial charge is 0.306 e. The van der Waals surface area contributed by atoms with Crippen LogP contribution < -0.4 is 0 Å². The fourth-order valence-corrected chi connectivity index (χ4v) is 2.10. The number of hydrogen-bond donors (Lipinski definition) is 1. The van der Waals surface area contributed by atoms with E-state index in [1.807, 2.05) is 6.92 Å². The average Bonchev–Trinajstić information content (AvgIpc) is 1.85. The first-order valence-corrected chi connectivity index (χ1v) is 4.41. The summed E-state index contributed by atoms with van der Waals surface area (Å²) in [6.45, 7) is 1.97. The number of hydrogen-bond acceptors (Lipinski definition) is 1. The zero-order valence-corrected chi connectivity index (χ0v) is 7.34. The Morgan fingerprint density at radius 1 is 1.55 bits per heavy atom. The molecular formula is C8H13ClO2. The summed E-state index contributed by atoms with van der Waals surface area (Å²) < 4.78 is 0. The first-order chi connectivity index (χ1) is 5.11. The minimum Gasteiger partial charge on any atom is -0.481 e. The normalized spacial score (nSPS) is 38.5. The second-order valence-electron chi connectivity index (χ2n) is 3.33. The fraction of sp³-hybridized carbons (Fsp3) is 0.875. The van der Waals surface area contributed by atoms with Crippen LogP contribution in [-0.2, 0) is 4.79 Å². The van der Waals surface area contributed by atoms with Crippen molar-refractivity contribution < 1.29 is 9.90 Å². The second-order valence-corrected chi connectivity index (χ2v) is 3.95. The number of alkyl halides is 1. The molecule has 0 bridgehead atoms. The lowest BCUT2D eigenvalue weighted by Crippen LogP contribution is -2.29. The summed E-state index contributed by atoms with van der Waals surface area (Å²) in [5.41, 5.74) is 0. The summed E-state index contributed by atoms with van der Waals surface area (Å²) in [7, 11) is 0. The van der Waals surface area contributed by atoms with Crippen LogP contribution >= 0.6 is 11.6 Å². The van der Waals surface area contributed by atoms with Gasteiger partial charge in [-0.1, -0.05) is 6.92 Å². The quantitative estimate of drug-likeness (QED) is 0.622. The summed E-state index contributed by atoms with van der Waals surface area (Å²) in [5.74, 6) is -0.588. The molecule has 3 atom stereocenters. The first kappa shape index (κ1) is 8.85. The van der Waals surface area contributed by atoms with E-state index in [0.29, 0.717) is 0 Å². The second kappa shape index (κ2) is 3.44. The maximum atomic E-state index is 10.6. The highest BCUT2D eigenvalue weighted by Crippen LogP contribution is 2.32. The van der Waals surface area contributed by atoms with E-state index in [2.05, 4.69) is 0 Å². The minimum atomic E-state index is -0.666. The zero-order chi connectivity index (χ0) is 8.43. The monoisotopic (exact) mass is 176 g/mol. The highest BCUT2D eigenvalue weighted by Gasteiger charge is 2.30. The Balaban J connectivity index is 2.50. The van der Waals surface area contributed by atoms with E-state index in [4.69, 9.17) is 16.7 Å². The molecule has 0 spiro atoms. The van der Waals surface area contributed by atoms with E-state index in [1.54, 1.807) is 0 Å². The molecule has 11 heavy (non-hydrogen) atoms. The van der Waals surface area contributed by atoms with Crippen molar-refractivity contribution in [1.82, 2.24) is 0 Å². The lowest BCUT2D eigenvalue weighted by molar-refractivity contribution is -0.144. The van der Waals surface area contributed by atoms with Crippen molar-refractivity contribution in [3.8, 4) is 0 Å². The van der Waals surface area contributed by atoms with E-state index in [1.165, 1.54) is 0 Å². The standard InChI is InChI=1S/C8H13ClO2/c1-5-4-6(9)2-3-7(5)8(10)11/h5-7H,2-4H2,1H3,(H,10,11)/t5-,6-,7-/m1/s1. The van der Waals surface area contributed by atoms with Crippen molar-refractivity contribution in [3.63, 3.8) is 0 Å². The lowest BCUT2D eigenvalue weighted by Gasteiger charge is -2.28. The van der Waals surface area contributed by atoms with Gasteiger partial charge in [0.25, 0.3) is 0 Å². The molecule has 0 aromatic carbocycles. The molecule has 1 rings (SSSR count). The highest BCUT2D eigenvalue weighted by atomic mass is 35.5. The van der Waals surface area contributed by atoms with Crippen LogP contribution in [-0.4, -0.2) is 16.5 Å². The third-order valence-corrected chi connectivity index (χ3v) is 2.82. The average molecular weight is 177 g/mol. The van der Waals surface area contributed by atoms with Gasteiger partial charge in [-0.25, -0.2) is 0 Å². The maximum Gasteiger partial charge on any atom is 0.306 e. The summed E-state index contributed by atoms with van der Waals surface area (Å²) in [6.07, 6.45) is 2.44. The van der Waals surface area contributed by atoms with Crippen LogP contribution in [0.4, 0.5) is 0 Å². The van der Waals surface area contributed by atoms with Crippen LogP contribution in [0.15, 0.2) is 0 Å². The van der Waals surface area contributed by atoms with Crippen LogP contribution in [0, 0.1) is 11.8 Å². The van der Waals surface area contributed by atoms with Crippen molar-refractivity contribution in [2.75, 3.05) is 0 Å². The van der Waals surface area contributed by atoms with Gasteiger partial charge in [-0.3, -0.25) is 4.79 Å².